The third kappa shape index (κ3) is 3.20. The summed E-state index contributed by atoms with van der Waals surface area (Å²) in [6.45, 7) is 5.33. The molecule has 1 aromatic rings. The van der Waals surface area contributed by atoms with E-state index in [0.717, 1.165) is 44.0 Å². The molecule has 0 aliphatic carbocycles. The molecular formula is C15H19NO2. The normalized spacial score (nSPS) is 16.7. The molecule has 96 valence electrons. The van der Waals surface area contributed by atoms with E-state index in [-0.39, 0.29) is 5.78 Å². The highest BCUT2D eigenvalue weighted by Crippen LogP contribution is 2.13. The molecule has 0 aromatic heterocycles. The number of nitrogens with zero attached hydrogens (tertiary/aromatic N) is 1. The molecule has 1 fully saturated rings. The molecule has 1 aromatic carbocycles. The summed E-state index contributed by atoms with van der Waals surface area (Å²) in [5.74, 6) is 0.0824. The van der Waals surface area contributed by atoms with E-state index in [1.807, 2.05) is 30.3 Å². The van der Waals surface area contributed by atoms with Crippen LogP contribution in [0.15, 0.2) is 42.1 Å². The van der Waals surface area contributed by atoms with Crippen LogP contribution in [0.1, 0.15) is 23.7 Å². The van der Waals surface area contributed by atoms with Gasteiger partial charge in [-0.05, 0) is 6.42 Å². The minimum absolute atomic E-state index is 0.0824. The monoisotopic (exact) mass is 245 g/mol. The number of benzene rings is 1. The maximum Gasteiger partial charge on any atom is 0.187 e. The molecule has 1 saturated heterocycles. The van der Waals surface area contributed by atoms with Crippen molar-refractivity contribution in [1.29, 1.82) is 0 Å². The van der Waals surface area contributed by atoms with Gasteiger partial charge in [-0.3, -0.25) is 4.79 Å². The first-order valence-corrected chi connectivity index (χ1v) is 6.44. The predicted molar refractivity (Wildman–Crippen MR) is 71.5 cm³/mol. The summed E-state index contributed by atoms with van der Waals surface area (Å²) in [6.07, 6.45) is 2.64. The largest absolute Gasteiger partial charge is 0.378 e. The van der Waals surface area contributed by atoms with Gasteiger partial charge in [-0.15, -0.1) is 0 Å². The standard InChI is InChI=1S/C15H19NO2/c1-2-14(16-8-10-18-11-9-16)12-15(17)13-6-4-3-5-7-13/h3-7,12H,2,8-11H2,1H3/b14-12+. The van der Waals surface area contributed by atoms with Gasteiger partial charge in [0.2, 0.25) is 0 Å². The minimum Gasteiger partial charge on any atom is -0.378 e. The predicted octanol–water partition coefficient (Wildman–Crippen LogP) is 2.50. The Labute approximate surface area is 108 Å². The van der Waals surface area contributed by atoms with Gasteiger partial charge in [0.05, 0.1) is 13.2 Å². The fourth-order valence-corrected chi connectivity index (χ4v) is 2.10. The zero-order valence-corrected chi connectivity index (χ0v) is 10.8. The number of rotatable bonds is 4. The number of morpholine rings is 1. The highest BCUT2D eigenvalue weighted by molar-refractivity contribution is 6.04. The van der Waals surface area contributed by atoms with Crippen LogP contribution in [-0.2, 0) is 4.74 Å². The quantitative estimate of drug-likeness (QED) is 0.603. The molecule has 1 heterocycles. The van der Waals surface area contributed by atoms with Crippen LogP contribution in [0.3, 0.4) is 0 Å². The van der Waals surface area contributed by atoms with Crippen LogP contribution < -0.4 is 0 Å². The zero-order chi connectivity index (χ0) is 12.8. The van der Waals surface area contributed by atoms with Gasteiger partial charge >= 0.3 is 0 Å². The number of hydrogen-bond acceptors (Lipinski definition) is 3. The summed E-state index contributed by atoms with van der Waals surface area (Å²) in [7, 11) is 0. The Hall–Kier alpha value is -1.61. The Balaban J connectivity index is 2.11. The lowest BCUT2D eigenvalue weighted by Gasteiger charge is -2.30. The van der Waals surface area contributed by atoms with E-state index >= 15 is 0 Å². The number of hydrogen-bond donors (Lipinski definition) is 0. The van der Waals surface area contributed by atoms with Crippen molar-refractivity contribution in [3.8, 4) is 0 Å². The molecule has 0 saturated carbocycles. The molecule has 3 nitrogen and oxygen atoms in total. The Morgan fingerprint density at radius 1 is 1.28 bits per heavy atom. The lowest BCUT2D eigenvalue weighted by molar-refractivity contribution is 0.0521. The number of ketones is 1. The molecule has 0 bridgehead atoms. The minimum atomic E-state index is 0.0824. The van der Waals surface area contributed by atoms with Gasteiger partial charge in [0.15, 0.2) is 5.78 Å². The van der Waals surface area contributed by atoms with E-state index in [2.05, 4.69) is 11.8 Å². The highest BCUT2D eigenvalue weighted by atomic mass is 16.5. The second-order valence-corrected chi connectivity index (χ2v) is 4.32. The van der Waals surface area contributed by atoms with Crippen molar-refractivity contribution in [2.24, 2.45) is 0 Å². The summed E-state index contributed by atoms with van der Waals surface area (Å²) in [5, 5.41) is 0. The molecule has 0 amide bonds. The van der Waals surface area contributed by atoms with Crippen molar-refractivity contribution >= 4 is 5.78 Å². The summed E-state index contributed by atoms with van der Waals surface area (Å²) in [6, 6.07) is 9.41. The summed E-state index contributed by atoms with van der Waals surface area (Å²) >= 11 is 0. The molecule has 1 aliphatic heterocycles. The molecular weight excluding hydrogens is 226 g/mol. The first kappa shape index (κ1) is 12.8. The van der Waals surface area contributed by atoms with Crippen LogP contribution in [0, 0.1) is 0 Å². The van der Waals surface area contributed by atoms with E-state index in [4.69, 9.17) is 4.74 Å². The van der Waals surface area contributed by atoms with Crippen molar-refractivity contribution in [3.63, 3.8) is 0 Å². The van der Waals surface area contributed by atoms with E-state index in [1.165, 1.54) is 0 Å². The van der Waals surface area contributed by atoms with E-state index in [0.29, 0.717) is 0 Å². The second kappa shape index (κ2) is 6.36. The van der Waals surface area contributed by atoms with Crippen molar-refractivity contribution in [3.05, 3.63) is 47.7 Å². The Morgan fingerprint density at radius 2 is 1.94 bits per heavy atom. The number of allylic oxidation sites excluding steroid dienone is 2. The number of ether oxygens (including phenoxy) is 1. The molecule has 3 heteroatoms. The number of carbonyl (C=O) groups excluding carboxylic acids is 1. The number of carbonyl (C=O) groups is 1. The Kier molecular flexibility index (Phi) is 4.53. The smallest absolute Gasteiger partial charge is 0.187 e. The summed E-state index contributed by atoms with van der Waals surface area (Å²) < 4.78 is 5.33. The Morgan fingerprint density at radius 3 is 2.56 bits per heavy atom. The molecule has 0 atom stereocenters. The van der Waals surface area contributed by atoms with Crippen LogP contribution in [0.4, 0.5) is 0 Å². The van der Waals surface area contributed by atoms with E-state index < -0.39 is 0 Å². The van der Waals surface area contributed by atoms with Crippen molar-refractivity contribution < 1.29 is 9.53 Å². The Bertz CT molecular complexity index is 419. The first-order chi connectivity index (χ1) is 8.81. The van der Waals surface area contributed by atoms with Crippen LogP contribution in [0.25, 0.3) is 0 Å². The first-order valence-electron chi connectivity index (χ1n) is 6.44. The van der Waals surface area contributed by atoms with Gasteiger partial charge < -0.3 is 9.64 Å². The average molecular weight is 245 g/mol. The van der Waals surface area contributed by atoms with Gasteiger partial charge in [-0.25, -0.2) is 0 Å². The average Bonchev–Trinajstić information content (AvgIpc) is 2.46. The van der Waals surface area contributed by atoms with Crippen LogP contribution in [0.2, 0.25) is 0 Å². The van der Waals surface area contributed by atoms with Gasteiger partial charge in [-0.2, -0.15) is 0 Å². The fourth-order valence-electron chi connectivity index (χ4n) is 2.10. The summed E-state index contributed by atoms with van der Waals surface area (Å²) in [4.78, 5) is 14.4. The zero-order valence-electron chi connectivity index (χ0n) is 10.8. The fraction of sp³-hybridized carbons (Fsp3) is 0.400. The third-order valence-electron chi connectivity index (χ3n) is 3.14. The van der Waals surface area contributed by atoms with Crippen LogP contribution >= 0.6 is 0 Å². The topological polar surface area (TPSA) is 29.5 Å². The SMILES string of the molecule is CC/C(=C\C(=O)c1ccccc1)N1CCOCC1. The van der Waals surface area contributed by atoms with Crippen LogP contribution in [-0.4, -0.2) is 37.0 Å². The molecule has 1 aliphatic rings. The second-order valence-electron chi connectivity index (χ2n) is 4.32. The molecule has 0 radical (unpaired) electrons. The summed E-state index contributed by atoms with van der Waals surface area (Å²) in [5.41, 5.74) is 1.85. The molecule has 0 N–H and O–H groups in total. The lowest BCUT2D eigenvalue weighted by Crippen LogP contribution is -2.35. The molecule has 0 spiro atoms. The van der Waals surface area contributed by atoms with Gasteiger partial charge in [0.25, 0.3) is 0 Å². The van der Waals surface area contributed by atoms with Crippen molar-refractivity contribution in [2.75, 3.05) is 26.3 Å². The van der Waals surface area contributed by atoms with Gasteiger partial charge in [-0.1, -0.05) is 37.3 Å². The highest BCUT2D eigenvalue weighted by Gasteiger charge is 2.13. The maximum absolute atomic E-state index is 12.1. The van der Waals surface area contributed by atoms with Crippen molar-refractivity contribution in [2.45, 2.75) is 13.3 Å². The maximum atomic E-state index is 12.1. The lowest BCUT2D eigenvalue weighted by atomic mass is 10.1. The van der Waals surface area contributed by atoms with E-state index in [1.54, 1.807) is 6.08 Å². The molecule has 18 heavy (non-hydrogen) atoms. The molecule has 0 unspecified atom stereocenters. The van der Waals surface area contributed by atoms with Crippen molar-refractivity contribution in [1.82, 2.24) is 4.90 Å². The molecule has 2 rings (SSSR count). The van der Waals surface area contributed by atoms with E-state index in [9.17, 15) is 4.79 Å². The van der Waals surface area contributed by atoms with Gasteiger partial charge in [0, 0.05) is 30.4 Å². The van der Waals surface area contributed by atoms with Crippen LogP contribution in [0.5, 0.6) is 0 Å². The van der Waals surface area contributed by atoms with Gasteiger partial charge in [0.1, 0.15) is 0 Å². The third-order valence-corrected chi connectivity index (χ3v) is 3.14.